The summed E-state index contributed by atoms with van der Waals surface area (Å²) in [6.45, 7) is 7.42. The SMILES string of the molecule is CC(=O)OC1(C(C)=O)CC[C@H]2[C@@H]3C=C(Cl)C4=CC(=O)C5CC5[C@]4(C)[C@H]3CC[C@@]21C. The van der Waals surface area contributed by atoms with Crippen LogP contribution in [0.1, 0.15) is 59.8 Å². The van der Waals surface area contributed by atoms with Crippen molar-refractivity contribution in [1.82, 2.24) is 0 Å². The van der Waals surface area contributed by atoms with Crippen molar-refractivity contribution >= 4 is 29.1 Å². The van der Waals surface area contributed by atoms with E-state index < -0.39 is 5.60 Å². The van der Waals surface area contributed by atoms with Crippen LogP contribution in [0.25, 0.3) is 0 Å². The van der Waals surface area contributed by atoms with Crippen LogP contribution in [0.2, 0.25) is 0 Å². The summed E-state index contributed by atoms with van der Waals surface area (Å²) in [4.78, 5) is 37.1. The van der Waals surface area contributed by atoms with Gasteiger partial charge in [-0.15, -0.1) is 0 Å². The predicted molar refractivity (Wildman–Crippen MR) is 109 cm³/mol. The molecule has 0 aromatic carbocycles. The summed E-state index contributed by atoms with van der Waals surface area (Å²) in [5.41, 5.74) is -0.455. The number of esters is 1. The molecule has 0 aliphatic heterocycles. The van der Waals surface area contributed by atoms with E-state index in [9.17, 15) is 14.4 Å². The number of hydrogen-bond donors (Lipinski definition) is 0. The van der Waals surface area contributed by atoms with Gasteiger partial charge in [-0.2, -0.15) is 0 Å². The van der Waals surface area contributed by atoms with Crippen LogP contribution in [0.3, 0.4) is 0 Å². The number of carbonyl (C=O) groups excluding carboxylic acids is 3. The summed E-state index contributed by atoms with van der Waals surface area (Å²) in [5.74, 6) is 1.27. The van der Waals surface area contributed by atoms with Gasteiger partial charge >= 0.3 is 5.97 Å². The molecule has 3 unspecified atom stereocenters. The Bertz CT molecular complexity index is 903. The lowest BCUT2D eigenvalue weighted by molar-refractivity contribution is -0.185. The maximum atomic E-state index is 12.8. The number of hydrogen-bond acceptors (Lipinski definition) is 4. The first-order valence-electron chi connectivity index (χ1n) is 10.9. The molecule has 0 N–H and O–H groups in total. The first kappa shape index (κ1) is 19.5. The fourth-order valence-corrected chi connectivity index (χ4v) is 8.43. The molecule has 156 valence electrons. The molecule has 3 fully saturated rings. The van der Waals surface area contributed by atoms with Crippen molar-refractivity contribution in [2.45, 2.75) is 65.4 Å². The predicted octanol–water partition coefficient (Wildman–Crippen LogP) is 4.61. The quantitative estimate of drug-likeness (QED) is 0.617. The zero-order chi connectivity index (χ0) is 20.9. The molecule has 0 aromatic rings. The van der Waals surface area contributed by atoms with E-state index in [1.165, 1.54) is 6.92 Å². The number of ketones is 2. The summed E-state index contributed by atoms with van der Waals surface area (Å²) in [6, 6.07) is 0. The highest BCUT2D eigenvalue weighted by Gasteiger charge is 2.70. The van der Waals surface area contributed by atoms with Gasteiger partial charge in [-0.25, -0.2) is 0 Å². The number of rotatable bonds is 2. The number of halogens is 1. The summed E-state index contributed by atoms with van der Waals surface area (Å²) in [5, 5.41) is 0.713. The second-order valence-electron chi connectivity index (χ2n) is 10.5. The molecule has 5 aliphatic rings. The Morgan fingerprint density at radius 1 is 1.10 bits per heavy atom. The van der Waals surface area contributed by atoms with E-state index in [1.807, 2.05) is 6.08 Å². The second kappa shape index (κ2) is 5.84. The van der Waals surface area contributed by atoms with E-state index in [2.05, 4.69) is 19.9 Å². The molecule has 0 aromatic heterocycles. The Morgan fingerprint density at radius 2 is 1.79 bits per heavy atom. The van der Waals surface area contributed by atoms with Gasteiger partial charge in [-0.3, -0.25) is 14.4 Å². The average molecular weight is 417 g/mol. The third kappa shape index (κ3) is 2.24. The summed E-state index contributed by atoms with van der Waals surface area (Å²) in [7, 11) is 0. The van der Waals surface area contributed by atoms with Crippen LogP contribution < -0.4 is 0 Å². The molecule has 0 heterocycles. The normalized spacial score (nSPS) is 49.7. The Labute approximate surface area is 177 Å². The van der Waals surface area contributed by atoms with Crippen LogP contribution in [-0.4, -0.2) is 23.1 Å². The van der Waals surface area contributed by atoms with Crippen LogP contribution >= 0.6 is 11.6 Å². The van der Waals surface area contributed by atoms with Crippen molar-refractivity contribution in [2.24, 2.45) is 40.4 Å². The van der Waals surface area contributed by atoms with Crippen molar-refractivity contribution in [3.63, 3.8) is 0 Å². The van der Waals surface area contributed by atoms with E-state index in [0.29, 0.717) is 23.3 Å². The van der Waals surface area contributed by atoms with Crippen molar-refractivity contribution in [3.05, 3.63) is 22.8 Å². The molecular weight excluding hydrogens is 388 g/mol. The van der Waals surface area contributed by atoms with Gasteiger partial charge in [0.15, 0.2) is 17.2 Å². The monoisotopic (exact) mass is 416 g/mol. The lowest BCUT2D eigenvalue weighted by atomic mass is 9.47. The van der Waals surface area contributed by atoms with E-state index in [1.54, 1.807) is 6.92 Å². The van der Waals surface area contributed by atoms with Gasteiger partial charge in [0.2, 0.25) is 0 Å². The molecule has 3 saturated carbocycles. The summed E-state index contributed by atoms with van der Waals surface area (Å²) in [6.07, 6.45) is 8.18. The van der Waals surface area contributed by atoms with Crippen LogP contribution in [0, 0.1) is 40.4 Å². The maximum Gasteiger partial charge on any atom is 0.303 e. The number of ether oxygens (including phenoxy) is 1. The molecule has 5 rings (SSSR count). The highest BCUT2D eigenvalue weighted by molar-refractivity contribution is 6.32. The first-order chi connectivity index (χ1) is 13.6. The molecule has 5 heteroatoms. The van der Waals surface area contributed by atoms with E-state index in [0.717, 1.165) is 31.3 Å². The number of allylic oxidation sites excluding steroid dienone is 4. The van der Waals surface area contributed by atoms with Gasteiger partial charge in [0.1, 0.15) is 0 Å². The van der Waals surface area contributed by atoms with Crippen molar-refractivity contribution in [3.8, 4) is 0 Å². The molecule has 0 saturated heterocycles. The van der Waals surface area contributed by atoms with Gasteiger partial charge < -0.3 is 4.74 Å². The summed E-state index contributed by atoms with van der Waals surface area (Å²) >= 11 is 6.79. The van der Waals surface area contributed by atoms with Gasteiger partial charge in [0.25, 0.3) is 0 Å². The zero-order valence-electron chi connectivity index (χ0n) is 17.6. The highest BCUT2D eigenvalue weighted by Crippen LogP contribution is 2.72. The van der Waals surface area contributed by atoms with Gasteiger partial charge in [0.05, 0.1) is 0 Å². The molecule has 0 bridgehead atoms. The molecular formula is C24H29ClO4. The van der Waals surface area contributed by atoms with Crippen LogP contribution in [-0.2, 0) is 19.1 Å². The lowest BCUT2D eigenvalue weighted by Crippen LogP contribution is -2.58. The number of fused-ring (bicyclic) bond motifs is 7. The fourth-order valence-electron chi connectivity index (χ4n) is 8.03. The molecule has 8 atom stereocenters. The second-order valence-corrected chi connectivity index (χ2v) is 10.9. The molecule has 4 nitrogen and oxygen atoms in total. The molecule has 29 heavy (non-hydrogen) atoms. The van der Waals surface area contributed by atoms with E-state index in [4.69, 9.17) is 16.3 Å². The van der Waals surface area contributed by atoms with Crippen LogP contribution in [0.5, 0.6) is 0 Å². The standard InChI is InChI=1S/C24H29ClO4/c1-12(26)24(29-13(2)27)8-6-16-14-10-20(25)19-11-21(28)15-9-18(15)23(19,4)17(14)5-7-22(16,24)3/h10-11,14-18H,5-9H2,1-4H3/t14-,15?,16-,17-,18?,22-,23-,24?/m0/s1. The van der Waals surface area contributed by atoms with Crippen LogP contribution in [0.15, 0.2) is 22.8 Å². The maximum absolute atomic E-state index is 12.8. The third-order valence-corrected chi connectivity index (χ3v) is 9.83. The Kier molecular flexibility index (Phi) is 3.93. The third-order valence-electron chi connectivity index (χ3n) is 9.50. The van der Waals surface area contributed by atoms with Crippen molar-refractivity contribution in [1.29, 1.82) is 0 Å². The first-order valence-corrected chi connectivity index (χ1v) is 11.3. The van der Waals surface area contributed by atoms with E-state index in [-0.39, 0.29) is 46.1 Å². The van der Waals surface area contributed by atoms with Crippen molar-refractivity contribution < 1.29 is 19.1 Å². The topological polar surface area (TPSA) is 60.4 Å². The molecule has 0 amide bonds. The number of Topliss-reactive ketones (excluding diaryl/α,β-unsaturated/α-hetero) is 1. The van der Waals surface area contributed by atoms with Gasteiger partial charge in [-0.1, -0.05) is 31.5 Å². The Balaban J connectivity index is 1.60. The number of carbonyl (C=O) groups is 3. The zero-order valence-corrected chi connectivity index (χ0v) is 18.3. The average Bonchev–Trinajstić information content (AvgIpc) is 3.39. The van der Waals surface area contributed by atoms with E-state index >= 15 is 0 Å². The Morgan fingerprint density at radius 3 is 2.45 bits per heavy atom. The molecule has 0 radical (unpaired) electrons. The minimum Gasteiger partial charge on any atom is -0.451 e. The highest BCUT2D eigenvalue weighted by atomic mass is 35.5. The Hall–Kier alpha value is -1.42. The van der Waals surface area contributed by atoms with Crippen molar-refractivity contribution in [2.75, 3.05) is 0 Å². The summed E-state index contributed by atoms with van der Waals surface area (Å²) < 4.78 is 5.82. The minimum atomic E-state index is -1.03. The van der Waals surface area contributed by atoms with Gasteiger partial charge in [0, 0.05) is 28.7 Å². The largest absolute Gasteiger partial charge is 0.451 e. The molecule has 0 spiro atoms. The molecule has 5 aliphatic carbocycles. The van der Waals surface area contributed by atoms with Crippen LogP contribution in [0.4, 0.5) is 0 Å². The van der Waals surface area contributed by atoms with Gasteiger partial charge in [-0.05, 0) is 74.3 Å². The smallest absolute Gasteiger partial charge is 0.303 e. The lowest BCUT2D eigenvalue weighted by Gasteiger charge is -2.57. The fraction of sp³-hybridized carbons (Fsp3) is 0.708. The minimum absolute atomic E-state index is 0.0423.